The molecule has 0 bridgehead atoms. The Labute approximate surface area is 98.5 Å². The lowest BCUT2D eigenvalue weighted by atomic mass is 9.99. The fourth-order valence-corrected chi connectivity index (χ4v) is 2.25. The number of benzene rings is 1. The zero-order chi connectivity index (χ0) is 11.6. The van der Waals surface area contributed by atoms with Gasteiger partial charge in [-0.05, 0) is 37.5 Å². The Morgan fingerprint density at radius 1 is 1.20 bits per heavy atom. The second kappa shape index (κ2) is 4.96. The molecule has 0 aliphatic rings. The van der Waals surface area contributed by atoms with Crippen molar-refractivity contribution in [3.05, 3.63) is 26.7 Å². The van der Waals surface area contributed by atoms with Crippen LogP contribution < -0.4 is 10.2 Å². The van der Waals surface area contributed by atoms with E-state index in [1.165, 1.54) is 5.56 Å². The highest BCUT2D eigenvalue weighted by molar-refractivity contribution is 9.10. The monoisotopic (exact) mass is 273 g/mol. The van der Waals surface area contributed by atoms with E-state index in [1.54, 1.807) is 7.11 Å². The molecule has 1 aromatic carbocycles. The lowest BCUT2D eigenvalue weighted by molar-refractivity contribution is 0.160. The molecule has 0 aliphatic carbocycles. The Morgan fingerprint density at radius 2 is 1.80 bits per heavy atom. The van der Waals surface area contributed by atoms with Gasteiger partial charge in [-0.1, -0.05) is 15.9 Å². The summed E-state index contributed by atoms with van der Waals surface area (Å²) in [6.07, 6.45) is 0. The number of halogens is 1. The first-order valence-electron chi connectivity index (χ1n) is 4.73. The lowest BCUT2D eigenvalue weighted by Gasteiger charge is -2.18. The molecule has 1 aromatic rings. The van der Waals surface area contributed by atoms with Gasteiger partial charge in [-0.15, -0.1) is 0 Å². The molecule has 0 aliphatic heterocycles. The predicted octanol–water partition coefficient (Wildman–Crippen LogP) is 2.86. The molecule has 0 saturated carbocycles. The second-order valence-corrected chi connectivity index (χ2v) is 4.33. The van der Waals surface area contributed by atoms with E-state index in [2.05, 4.69) is 21.4 Å². The fraction of sp³-hybridized carbons (Fsp3) is 0.455. The van der Waals surface area contributed by atoms with Crippen LogP contribution in [0.25, 0.3) is 0 Å². The van der Waals surface area contributed by atoms with Crippen LogP contribution in [0.4, 0.5) is 0 Å². The lowest BCUT2D eigenvalue weighted by Crippen LogP contribution is -2.11. The standard InChI is InChI=1S/C11H16BrNO2/c1-6-7(2)11(15-4)9(5-13-14)8(3)10(6)12/h13-14H,5H2,1-4H3. The van der Waals surface area contributed by atoms with Crippen LogP contribution in [0.5, 0.6) is 5.75 Å². The summed E-state index contributed by atoms with van der Waals surface area (Å²) in [6.45, 7) is 6.45. The van der Waals surface area contributed by atoms with Crippen LogP contribution in [-0.4, -0.2) is 12.3 Å². The van der Waals surface area contributed by atoms with Crippen LogP contribution in [-0.2, 0) is 6.54 Å². The number of ether oxygens (including phenoxy) is 1. The van der Waals surface area contributed by atoms with Crippen LogP contribution in [0.1, 0.15) is 22.3 Å². The number of nitrogens with one attached hydrogen (secondary N) is 1. The fourth-order valence-electron chi connectivity index (χ4n) is 1.71. The first-order chi connectivity index (χ1) is 7.04. The zero-order valence-electron chi connectivity index (χ0n) is 9.44. The highest BCUT2D eigenvalue weighted by atomic mass is 79.9. The molecule has 15 heavy (non-hydrogen) atoms. The molecular weight excluding hydrogens is 258 g/mol. The summed E-state index contributed by atoms with van der Waals surface area (Å²) in [5.74, 6) is 0.842. The minimum atomic E-state index is 0.384. The summed E-state index contributed by atoms with van der Waals surface area (Å²) in [5.41, 5.74) is 6.52. The second-order valence-electron chi connectivity index (χ2n) is 3.54. The molecule has 0 atom stereocenters. The largest absolute Gasteiger partial charge is 0.496 e. The van der Waals surface area contributed by atoms with Crippen molar-refractivity contribution < 1.29 is 9.94 Å². The molecule has 2 N–H and O–H groups in total. The normalized spacial score (nSPS) is 10.5. The van der Waals surface area contributed by atoms with E-state index in [-0.39, 0.29) is 0 Å². The smallest absolute Gasteiger partial charge is 0.126 e. The summed E-state index contributed by atoms with van der Waals surface area (Å²) in [5, 5.41) is 8.79. The van der Waals surface area contributed by atoms with Crippen molar-refractivity contribution in [3.63, 3.8) is 0 Å². The van der Waals surface area contributed by atoms with Gasteiger partial charge in [0, 0.05) is 16.6 Å². The predicted molar refractivity (Wildman–Crippen MR) is 63.5 cm³/mol. The molecule has 0 aromatic heterocycles. The number of rotatable bonds is 3. The molecule has 3 nitrogen and oxygen atoms in total. The van der Waals surface area contributed by atoms with Crippen molar-refractivity contribution in [1.82, 2.24) is 5.48 Å². The van der Waals surface area contributed by atoms with Crippen LogP contribution in [0.3, 0.4) is 0 Å². The van der Waals surface area contributed by atoms with Crippen molar-refractivity contribution in [1.29, 1.82) is 0 Å². The van der Waals surface area contributed by atoms with Crippen LogP contribution in [0.2, 0.25) is 0 Å². The first-order valence-corrected chi connectivity index (χ1v) is 5.53. The van der Waals surface area contributed by atoms with E-state index >= 15 is 0 Å². The maximum Gasteiger partial charge on any atom is 0.126 e. The van der Waals surface area contributed by atoms with E-state index < -0.39 is 0 Å². The van der Waals surface area contributed by atoms with Gasteiger partial charge in [0.2, 0.25) is 0 Å². The van der Waals surface area contributed by atoms with Gasteiger partial charge in [-0.3, -0.25) is 0 Å². The van der Waals surface area contributed by atoms with Crippen LogP contribution in [0.15, 0.2) is 4.47 Å². The average molecular weight is 274 g/mol. The third-order valence-electron chi connectivity index (χ3n) is 2.75. The number of hydroxylamine groups is 1. The van der Waals surface area contributed by atoms with Crippen molar-refractivity contribution >= 4 is 15.9 Å². The summed E-state index contributed by atoms with van der Waals surface area (Å²) in [4.78, 5) is 0. The Bertz CT molecular complexity index is 378. The maximum absolute atomic E-state index is 8.79. The van der Waals surface area contributed by atoms with E-state index in [0.29, 0.717) is 6.54 Å². The zero-order valence-corrected chi connectivity index (χ0v) is 11.0. The minimum Gasteiger partial charge on any atom is -0.496 e. The molecule has 84 valence electrons. The van der Waals surface area contributed by atoms with Gasteiger partial charge in [0.25, 0.3) is 0 Å². The van der Waals surface area contributed by atoms with E-state index in [0.717, 1.165) is 26.9 Å². The average Bonchev–Trinajstić information content (AvgIpc) is 2.24. The van der Waals surface area contributed by atoms with Gasteiger partial charge in [0.1, 0.15) is 5.75 Å². The molecule has 0 radical (unpaired) electrons. The van der Waals surface area contributed by atoms with Crippen molar-refractivity contribution in [2.24, 2.45) is 0 Å². The molecule has 0 amide bonds. The molecule has 0 unspecified atom stereocenters. The minimum absolute atomic E-state index is 0.384. The Balaban J connectivity index is 3.47. The number of hydrogen-bond donors (Lipinski definition) is 2. The third-order valence-corrected chi connectivity index (χ3v) is 3.94. The third kappa shape index (κ3) is 2.17. The molecule has 4 heteroatoms. The maximum atomic E-state index is 8.79. The Kier molecular flexibility index (Phi) is 4.13. The molecule has 1 rings (SSSR count). The highest BCUT2D eigenvalue weighted by Gasteiger charge is 2.15. The van der Waals surface area contributed by atoms with Crippen LogP contribution in [0, 0.1) is 20.8 Å². The van der Waals surface area contributed by atoms with Crippen LogP contribution >= 0.6 is 15.9 Å². The van der Waals surface area contributed by atoms with Gasteiger partial charge in [0.05, 0.1) is 7.11 Å². The molecular formula is C11H16BrNO2. The van der Waals surface area contributed by atoms with E-state index in [1.807, 2.05) is 20.8 Å². The highest BCUT2D eigenvalue weighted by Crippen LogP contribution is 2.35. The SMILES string of the molecule is COc1c(C)c(C)c(Br)c(C)c1CNO. The topological polar surface area (TPSA) is 41.5 Å². The first kappa shape index (κ1) is 12.5. The quantitative estimate of drug-likeness (QED) is 0.833. The van der Waals surface area contributed by atoms with Crippen molar-refractivity contribution in [3.8, 4) is 5.75 Å². The summed E-state index contributed by atoms with van der Waals surface area (Å²) in [6, 6.07) is 0. The molecule has 0 saturated heterocycles. The van der Waals surface area contributed by atoms with Gasteiger partial charge >= 0.3 is 0 Å². The summed E-state index contributed by atoms with van der Waals surface area (Å²) >= 11 is 3.55. The van der Waals surface area contributed by atoms with Gasteiger partial charge in [-0.2, -0.15) is 0 Å². The van der Waals surface area contributed by atoms with E-state index in [4.69, 9.17) is 9.94 Å². The molecule has 0 fully saturated rings. The summed E-state index contributed by atoms with van der Waals surface area (Å²) < 4.78 is 6.45. The molecule has 0 heterocycles. The van der Waals surface area contributed by atoms with E-state index in [9.17, 15) is 0 Å². The van der Waals surface area contributed by atoms with Gasteiger partial charge < -0.3 is 9.94 Å². The Morgan fingerprint density at radius 3 is 2.27 bits per heavy atom. The number of methoxy groups -OCH3 is 1. The molecule has 0 spiro atoms. The van der Waals surface area contributed by atoms with Gasteiger partial charge in [0.15, 0.2) is 0 Å². The number of hydrogen-bond acceptors (Lipinski definition) is 3. The van der Waals surface area contributed by atoms with Crippen molar-refractivity contribution in [2.45, 2.75) is 27.3 Å². The Hall–Kier alpha value is -0.580. The summed E-state index contributed by atoms with van der Waals surface area (Å²) in [7, 11) is 1.65. The van der Waals surface area contributed by atoms with Gasteiger partial charge in [-0.25, -0.2) is 5.48 Å². The van der Waals surface area contributed by atoms with Crippen molar-refractivity contribution in [2.75, 3.05) is 7.11 Å².